The fraction of sp³-hybridized carbons (Fsp3) is 0.704. The first-order chi connectivity index (χ1) is 15.5. The van der Waals surface area contributed by atoms with E-state index in [9.17, 15) is 9.59 Å². The standard InChI is InChI=1S/C27H41N3O2/c1-21-20-24(22(2)30(21)25-10-6-5-7-11-25)12-13-26(31)28-18-14-23(15-19-28)27(32)29-16-8-3-4-9-17-29/h12-13,20,23,25H,3-11,14-19H2,1-2H3/b13-12+. The predicted octanol–water partition coefficient (Wildman–Crippen LogP) is 5.26. The van der Waals surface area contributed by atoms with E-state index in [0.29, 0.717) is 25.0 Å². The summed E-state index contributed by atoms with van der Waals surface area (Å²) in [4.78, 5) is 29.7. The highest BCUT2D eigenvalue weighted by Crippen LogP contribution is 2.32. The van der Waals surface area contributed by atoms with Crippen molar-refractivity contribution in [1.82, 2.24) is 14.4 Å². The Labute approximate surface area is 193 Å². The Morgan fingerprint density at radius 2 is 1.44 bits per heavy atom. The first kappa shape index (κ1) is 23.1. The molecular weight excluding hydrogens is 398 g/mol. The molecule has 0 radical (unpaired) electrons. The summed E-state index contributed by atoms with van der Waals surface area (Å²) in [6.45, 7) is 7.58. The zero-order valence-electron chi connectivity index (χ0n) is 20.2. The molecular formula is C27H41N3O2. The molecule has 0 spiro atoms. The number of aryl methyl sites for hydroxylation is 1. The Bertz CT molecular complexity index is 818. The molecule has 32 heavy (non-hydrogen) atoms. The number of amides is 2. The van der Waals surface area contributed by atoms with Crippen molar-refractivity contribution in [2.24, 2.45) is 5.92 Å². The van der Waals surface area contributed by atoms with Gasteiger partial charge in [-0.15, -0.1) is 0 Å². The summed E-state index contributed by atoms with van der Waals surface area (Å²) in [5, 5.41) is 0. The third kappa shape index (κ3) is 5.29. The average Bonchev–Trinajstić information content (AvgIpc) is 2.99. The molecule has 3 aliphatic rings. The van der Waals surface area contributed by atoms with Crippen LogP contribution in [0.3, 0.4) is 0 Å². The molecule has 4 rings (SSSR count). The largest absolute Gasteiger partial charge is 0.346 e. The van der Waals surface area contributed by atoms with Gasteiger partial charge in [-0.25, -0.2) is 0 Å². The average molecular weight is 440 g/mol. The first-order valence-corrected chi connectivity index (χ1v) is 13.0. The molecule has 1 aliphatic carbocycles. The van der Waals surface area contributed by atoms with Crippen molar-refractivity contribution in [3.8, 4) is 0 Å². The molecule has 0 atom stereocenters. The van der Waals surface area contributed by atoms with E-state index in [1.54, 1.807) is 6.08 Å². The normalized spacial score (nSPS) is 21.8. The van der Waals surface area contributed by atoms with Crippen LogP contribution < -0.4 is 0 Å². The lowest BCUT2D eigenvalue weighted by Gasteiger charge is -2.33. The zero-order valence-corrected chi connectivity index (χ0v) is 20.2. The Kier molecular flexibility index (Phi) is 7.75. The third-order valence-corrected chi connectivity index (χ3v) is 7.94. The van der Waals surface area contributed by atoms with E-state index in [4.69, 9.17) is 0 Å². The minimum absolute atomic E-state index is 0.0770. The highest BCUT2D eigenvalue weighted by atomic mass is 16.2. The molecule has 2 aliphatic heterocycles. The molecule has 5 heteroatoms. The van der Waals surface area contributed by atoms with Gasteiger partial charge in [-0.1, -0.05) is 32.1 Å². The molecule has 2 amide bonds. The highest BCUT2D eigenvalue weighted by molar-refractivity contribution is 5.92. The molecule has 0 N–H and O–H groups in total. The van der Waals surface area contributed by atoms with Crippen LogP contribution in [-0.4, -0.2) is 52.4 Å². The summed E-state index contributed by atoms with van der Waals surface area (Å²) in [6, 6.07) is 2.84. The van der Waals surface area contributed by atoms with E-state index in [0.717, 1.165) is 44.3 Å². The van der Waals surface area contributed by atoms with E-state index in [-0.39, 0.29) is 11.8 Å². The smallest absolute Gasteiger partial charge is 0.246 e. The summed E-state index contributed by atoms with van der Waals surface area (Å²) in [5.74, 6) is 0.494. The maximum atomic E-state index is 12.9. The van der Waals surface area contributed by atoms with E-state index in [1.165, 1.54) is 56.3 Å². The molecule has 1 aromatic rings. The van der Waals surface area contributed by atoms with Crippen LogP contribution in [0.2, 0.25) is 0 Å². The molecule has 1 aromatic heterocycles. The summed E-state index contributed by atoms with van der Waals surface area (Å²) >= 11 is 0. The van der Waals surface area contributed by atoms with Gasteiger partial charge >= 0.3 is 0 Å². The topological polar surface area (TPSA) is 45.6 Å². The van der Waals surface area contributed by atoms with Crippen LogP contribution in [0.5, 0.6) is 0 Å². The number of carbonyl (C=O) groups excluding carboxylic acids is 2. The Balaban J connectivity index is 1.31. The van der Waals surface area contributed by atoms with E-state index in [2.05, 4.69) is 29.4 Å². The lowest BCUT2D eigenvalue weighted by Crippen LogP contribution is -2.44. The molecule has 0 bridgehead atoms. The summed E-state index contributed by atoms with van der Waals surface area (Å²) < 4.78 is 2.49. The third-order valence-electron chi connectivity index (χ3n) is 7.94. The van der Waals surface area contributed by atoms with Crippen LogP contribution in [0.4, 0.5) is 0 Å². The molecule has 3 heterocycles. The monoisotopic (exact) mass is 439 g/mol. The van der Waals surface area contributed by atoms with Crippen molar-refractivity contribution in [2.45, 2.75) is 90.5 Å². The zero-order chi connectivity index (χ0) is 22.5. The molecule has 1 saturated carbocycles. The maximum absolute atomic E-state index is 12.9. The van der Waals surface area contributed by atoms with E-state index in [1.807, 2.05) is 11.0 Å². The number of rotatable bonds is 4. The molecule has 2 saturated heterocycles. The SMILES string of the molecule is Cc1cc(/C=C/C(=O)N2CCC(C(=O)N3CCCCCC3)CC2)c(C)n1C1CCCCC1. The van der Waals surface area contributed by atoms with Gasteiger partial charge in [-0.05, 0) is 70.1 Å². The van der Waals surface area contributed by atoms with Crippen molar-refractivity contribution in [3.63, 3.8) is 0 Å². The van der Waals surface area contributed by atoms with Crippen molar-refractivity contribution in [2.75, 3.05) is 26.2 Å². The fourth-order valence-corrected chi connectivity index (χ4v) is 6.04. The van der Waals surface area contributed by atoms with Crippen LogP contribution in [-0.2, 0) is 9.59 Å². The minimum Gasteiger partial charge on any atom is -0.346 e. The van der Waals surface area contributed by atoms with Crippen molar-refractivity contribution < 1.29 is 9.59 Å². The number of likely N-dealkylation sites (tertiary alicyclic amines) is 2. The van der Waals surface area contributed by atoms with Gasteiger partial charge in [0.05, 0.1) is 0 Å². The molecule has 176 valence electrons. The van der Waals surface area contributed by atoms with E-state index < -0.39 is 0 Å². The summed E-state index contributed by atoms with van der Waals surface area (Å²) in [6.07, 6.45) is 16.6. The van der Waals surface area contributed by atoms with Gasteiger partial charge in [-0.3, -0.25) is 9.59 Å². The number of hydrogen-bond donors (Lipinski definition) is 0. The Morgan fingerprint density at radius 3 is 2.09 bits per heavy atom. The van der Waals surface area contributed by atoms with Crippen LogP contribution in [0.1, 0.15) is 93.6 Å². The van der Waals surface area contributed by atoms with Gasteiger partial charge in [0.15, 0.2) is 0 Å². The minimum atomic E-state index is 0.0770. The van der Waals surface area contributed by atoms with Gasteiger partial charge < -0.3 is 14.4 Å². The van der Waals surface area contributed by atoms with Crippen LogP contribution in [0.25, 0.3) is 6.08 Å². The van der Waals surface area contributed by atoms with Crippen molar-refractivity contribution in [1.29, 1.82) is 0 Å². The van der Waals surface area contributed by atoms with E-state index >= 15 is 0 Å². The highest BCUT2D eigenvalue weighted by Gasteiger charge is 2.30. The fourth-order valence-electron chi connectivity index (χ4n) is 6.04. The Hall–Kier alpha value is -2.04. The molecule has 0 aromatic carbocycles. The van der Waals surface area contributed by atoms with Gasteiger partial charge in [0, 0.05) is 55.6 Å². The second kappa shape index (κ2) is 10.7. The second-order valence-electron chi connectivity index (χ2n) is 10.2. The van der Waals surface area contributed by atoms with Crippen molar-refractivity contribution in [3.05, 3.63) is 29.1 Å². The maximum Gasteiger partial charge on any atom is 0.246 e. The predicted molar refractivity (Wildman–Crippen MR) is 129 cm³/mol. The lowest BCUT2D eigenvalue weighted by molar-refractivity contribution is -0.139. The first-order valence-electron chi connectivity index (χ1n) is 13.0. The summed E-state index contributed by atoms with van der Waals surface area (Å²) in [7, 11) is 0. The van der Waals surface area contributed by atoms with Crippen molar-refractivity contribution >= 4 is 17.9 Å². The lowest BCUT2D eigenvalue weighted by atomic mass is 9.95. The number of carbonyl (C=O) groups is 2. The van der Waals surface area contributed by atoms with Gasteiger partial charge in [0.25, 0.3) is 0 Å². The van der Waals surface area contributed by atoms with Crippen LogP contribution in [0.15, 0.2) is 12.1 Å². The molecule has 5 nitrogen and oxygen atoms in total. The molecule has 0 unspecified atom stereocenters. The Morgan fingerprint density at radius 1 is 0.812 bits per heavy atom. The number of nitrogens with zero attached hydrogens (tertiary/aromatic N) is 3. The molecule has 3 fully saturated rings. The quantitative estimate of drug-likeness (QED) is 0.601. The van der Waals surface area contributed by atoms with Gasteiger partial charge in [0.1, 0.15) is 0 Å². The van der Waals surface area contributed by atoms with Crippen LogP contribution in [0, 0.1) is 19.8 Å². The number of aromatic nitrogens is 1. The van der Waals surface area contributed by atoms with Gasteiger partial charge in [-0.2, -0.15) is 0 Å². The summed E-state index contributed by atoms with van der Waals surface area (Å²) in [5.41, 5.74) is 3.74. The number of hydrogen-bond acceptors (Lipinski definition) is 2. The van der Waals surface area contributed by atoms with Crippen LogP contribution >= 0.6 is 0 Å². The van der Waals surface area contributed by atoms with Gasteiger partial charge in [0.2, 0.25) is 11.8 Å². The second-order valence-corrected chi connectivity index (χ2v) is 10.2. The number of piperidine rings is 1.